The predicted octanol–water partition coefficient (Wildman–Crippen LogP) is 8.37. The molecule has 0 bridgehead atoms. The molecule has 0 amide bonds. The highest BCUT2D eigenvalue weighted by molar-refractivity contribution is 5.19. The second kappa shape index (κ2) is 12.5. The second-order valence-corrected chi connectivity index (χ2v) is 8.56. The average molecular weight is 383 g/mol. The summed E-state index contributed by atoms with van der Waals surface area (Å²) in [6.07, 6.45) is 19.1. The Morgan fingerprint density at radius 2 is 1.19 bits per heavy atom. The van der Waals surface area contributed by atoms with E-state index >= 15 is 0 Å². The summed E-state index contributed by atoms with van der Waals surface area (Å²) in [5.41, 5.74) is 0.576. The van der Waals surface area contributed by atoms with Crippen LogP contribution in [0.1, 0.15) is 102 Å². The van der Waals surface area contributed by atoms with Gasteiger partial charge in [-0.3, -0.25) is 0 Å². The Labute approximate surface area is 163 Å². The topological polar surface area (TPSA) is 0 Å². The third kappa shape index (κ3) is 8.27. The van der Waals surface area contributed by atoms with Crippen LogP contribution in [0.25, 0.3) is 0 Å². The van der Waals surface area contributed by atoms with E-state index in [2.05, 4.69) is 6.92 Å². The molecule has 0 atom stereocenters. The molecule has 0 spiro atoms. The highest BCUT2D eigenvalue weighted by Crippen LogP contribution is 2.34. The molecule has 0 heterocycles. The first-order valence-electron chi connectivity index (χ1n) is 11.2. The van der Waals surface area contributed by atoms with Crippen LogP contribution in [0.5, 0.6) is 0 Å². The Morgan fingerprint density at radius 1 is 0.704 bits per heavy atom. The number of aryl methyl sites for hydroxylation is 1. The Bertz CT molecular complexity index is 509. The third-order valence-electron chi connectivity index (χ3n) is 6.32. The monoisotopic (exact) mass is 382 g/mol. The molecule has 1 aliphatic rings. The summed E-state index contributed by atoms with van der Waals surface area (Å²) in [5, 5.41) is 0. The second-order valence-electron chi connectivity index (χ2n) is 8.56. The van der Waals surface area contributed by atoms with Crippen LogP contribution in [0.3, 0.4) is 0 Å². The van der Waals surface area contributed by atoms with E-state index < -0.39 is 17.5 Å². The summed E-state index contributed by atoms with van der Waals surface area (Å²) in [7, 11) is 0. The summed E-state index contributed by atoms with van der Waals surface area (Å²) in [4.78, 5) is 0. The Hall–Kier alpha value is -0.990. The minimum Gasteiger partial charge on any atom is -0.204 e. The van der Waals surface area contributed by atoms with Crippen molar-refractivity contribution in [2.75, 3.05) is 0 Å². The Kier molecular flexibility index (Phi) is 10.3. The van der Waals surface area contributed by atoms with Gasteiger partial charge in [-0.2, -0.15) is 0 Å². The van der Waals surface area contributed by atoms with Gasteiger partial charge in [0.1, 0.15) is 0 Å². The smallest absolute Gasteiger partial charge is 0.194 e. The van der Waals surface area contributed by atoms with Crippen molar-refractivity contribution in [3.63, 3.8) is 0 Å². The van der Waals surface area contributed by atoms with E-state index in [0.29, 0.717) is 17.9 Å². The molecule has 0 saturated heterocycles. The van der Waals surface area contributed by atoms with E-state index in [0.717, 1.165) is 24.5 Å². The molecule has 154 valence electrons. The minimum absolute atomic E-state index is 0.576. The van der Waals surface area contributed by atoms with Gasteiger partial charge < -0.3 is 0 Å². The van der Waals surface area contributed by atoms with Crippen LogP contribution >= 0.6 is 0 Å². The quantitative estimate of drug-likeness (QED) is 0.251. The van der Waals surface area contributed by atoms with Gasteiger partial charge in [0.2, 0.25) is 0 Å². The van der Waals surface area contributed by atoms with E-state index in [1.807, 2.05) is 0 Å². The number of hydrogen-bond acceptors (Lipinski definition) is 0. The molecular formula is C24H37F3. The lowest BCUT2D eigenvalue weighted by molar-refractivity contribution is 0.248. The molecule has 0 N–H and O–H groups in total. The lowest BCUT2D eigenvalue weighted by Crippen LogP contribution is -2.15. The van der Waals surface area contributed by atoms with Crippen molar-refractivity contribution in [1.29, 1.82) is 0 Å². The standard InChI is InChI=1S/C24H37F3/c1-2-3-4-5-6-7-8-9-10-19-11-13-20(14-12-19)15-16-21-17-22(25)24(27)23(26)18-21/h17-20H,2-16H2,1H3. The molecule has 2 rings (SSSR count). The summed E-state index contributed by atoms with van der Waals surface area (Å²) in [6, 6.07) is 2.29. The van der Waals surface area contributed by atoms with Crippen molar-refractivity contribution < 1.29 is 13.2 Å². The van der Waals surface area contributed by atoms with Crippen molar-refractivity contribution in [3.05, 3.63) is 35.1 Å². The zero-order valence-electron chi connectivity index (χ0n) is 17.0. The SMILES string of the molecule is CCCCCCCCCCC1CCC(CCc2cc(F)c(F)c(F)c2)CC1. The first kappa shape index (κ1) is 22.3. The van der Waals surface area contributed by atoms with Gasteiger partial charge in [-0.05, 0) is 42.4 Å². The van der Waals surface area contributed by atoms with Crippen molar-refractivity contribution >= 4 is 0 Å². The molecule has 0 unspecified atom stereocenters. The number of halogens is 3. The first-order chi connectivity index (χ1) is 13.1. The van der Waals surface area contributed by atoms with Crippen molar-refractivity contribution in [2.45, 2.75) is 103 Å². The number of unbranched alkanes of at least 4 members (excludes halogenated alkanes) is 7. The fourth-order valence-electron chi connectivity index (χ4n) is 4.50. The molecule has 1 saturated carbocycles. The van der Waals surface area contributed by atoms with Gasteiger partial charge >= 0.3 is 0 Å². The van der Waals surface area contributed by atoms with Gasteiger partial charge in [0, 0.05) is 0 Å². The highest BCUT2D eigenvalue weighted by Gasteiger charge is 2.21. The van der Waals surface area contributed by atoms with Crippen LogP contribution in [0.4, 0.5) is 13.2 Å². The molecule has 0 aliphatic heterocycles. The van der Waals surface area contributed by atoms with Gasteiger partial charge in [0.05, 0.1) is 0 Å². The zero-order valence-corrected chi connectivity index (χ0v) is 17.0. The molecule has 0 nitrogen and oxygen atoms in total. The lowest BCUT2D eigenvalue weighted by Gasteiger charge is -2.28. The van der Waals surface area contributed by atoms with E-state index in [4.69, 9.17) is 0 Å². The van der Waals surface area contributed by atoms with Crippen molar-refractivity contribution in [1.82, 2.24) is 0 Å². The molecule has 0 radical (unpaired) electrons. The van der Waals surface area contributed by atoms with E-state index in [1.54, 1.807) is 0 Å². The average Bonchev–Trinajstić information content (AvgIpc) is 2.67. The summed E-state index contributed by atoms with van der Waals surface area (Å²) in [5.74, 6) is -1.98. The predicted molar refractivity (Wildman–Crippen MR) is 107 cm³/mol. The summed E-state index contributed by atoms with van der Waals surface area (Å²) in [6.45, 7) is 2.26. The minimum atomic E-state index is -1.36. The van der Waals surface area contributed by atoms with Gasteiger partial charge in [-0.25, -0.2) is 13.2 Å². The Balaban J connectivity index is 1.54. The van der Waals surface area contributed by atoms with Gasteiger partial charge in [0.15, 0.2) is 17.5 Å². The number of benzene rings is 1. The van der Waals surface area contributed by atoms with Crippen LogP contribution in [-0.2, 0) is 6.42 Å². The van der Waals surface area contributed by atoms with Crippen LogP contribution in [-0.4, -0.2) is 0 Å². The fourth-order valence-corrected chi connectivity index (χ4v) is 4.50. The zero-order chi connectivity index (χ0) is 19.5. The van der Waals surface area contributed by atoms with Crippen molar-refractivity contribution in [3.8, 4) is 0 Å². The van der Waals surface area contributed by atoms with E-state index in [-0.39, 0.29) is 0 Å². The van der Waals surface area contributed by atoms with E-state index in [9.17, 15) is 13.2 Å². The molecule has 1 aromatic rings. The van der Waals surface area contributed by atoms with Gasteiger partial charge in [-0.15, -0.1) is 0 Å². The van der Waals surface area contributed by atoms with Crippen LogP contribution in [0.2, 0.25) is 0 Å². The van der Waals surface area contributed by atoms with E-state index in [1.165, 1.54) is 83.5 Å². The van der Waals surface area contributed by atoms with Crippen molar-refractivity contribution in [2.24, 2.45) is 11.8 Å². The molecule has 1 fully saturated rings. The first-order valence-corrected chi connectivity index (χ1v) is 11.2. The normalized spacial score (nSPS) is 20.1. The molecule has 3 heteroatoms. The van der Waals surface area contributed by atoms with Crippen LogP contribution in [0.15, 0.2) is 12.1 Å². The summed E-state index contributed by atoms with van der Waals surface area (Å²) >= 11 is 0. The maximum absolute atomic E-state index is 13.3. The van der Waals surface area contributed by atoms with Gasteiger partial charge in [0.25, 0.3) is 0 Å². The molecule has 1 aliphatic carbocycles. The van der Waals surface area contributed by atoms with Gasteiger partial charge in [-0.1, -0.05) is 90.4 Å². The largest absolute Gasteiger partial charge is 0.204 e. The summed E-state index contributed by atoms with van der Waals surface area (Å²) < 4.78 is 39.6. The van der Waals surface area contributed by atoms with Crippen LogP contribution < -0.4 is 0 Å². The Morgan fingerprint density at radius 3 is 1.74 bits per heavy atom. The fraction of sp³-hybridized carbons (Fsp3) is 0.750. The maximum Gasteiger partial charge on any atom is 0.194 e. The molecule has 1 aromatic carbocycles. The molecule has 0 aromatic heterocycles. The number of rotatable bonds is 12. The lowest BCUT2D eigenvalue weighted by atomic mass is 9.77. The third-order valence-corrected chi connectivity index (χ3v) is 6.32. The molecular weight excluding hydrogens is 345 g/mol. The molecule has 27 heavy (non-hydrogen) atoms. The maximum atomic E-state index is 13.3. The number of hydrogen-bond donors (Lipinski definition) is 0. The van der Waals surface area contributed by atoms with Crippen LogP contribution in [0, 0.1) is 29.3 Å². The highest BCUT2D eigenvalue weighted by atomic mass is 19.2.